The Bertz CT molecular complexity index is 681. The van der Waals surface area contributed by atoms with Gasteiger partial charge < -0.3 is 19.7 Å². The molecular formula is C15H17F2N3O5. The molecule has 1 N–H and O–H groups in total. The number of alkyl halides is 2. The fraction of sp³-hybridized carbons (Fsp3) is 0.533. The van der Waals surface area contributed by atoms with E-state index in [1.807, 2.05) is 0 Å². The Labute approximate surface area is 141 Å². The van der Waals surface area contributed by atoms with E-state index < -0.39 is 17.6 Å². The lowest BCUT2D eigenvalue weighted by atomic mass is 9.79. The van der Waals surface area contributed by atoms with Crippen LogP contribution < -0.4 is 10.1 Å². The van der Waals surface area contributed by atoms with Gasteiger partial charge in [0.15, 0.2) is 0 Å². The molecule has 136 valence electrons. The first-order chi connectivity index (χ1) is 11.9. The zero-order valence-electron chi connectivity index (χ0n) is 13.2. The van der Waals surface area contributed by atoms with Gasteiger partial charge in [0.2, 0.25) is 0 Å². The summed E-state index contributed by atoms with van der Waals surface area (Å²) in [5.74, 6) is -0.333. The maximum atomic E-state index is 12.5. The second-order valence-corrected chi connectivity index (χ2v) is 6.05. The van der Waals surface area contributed by atoms with Gasteiger partial charge in [0.1, 0.15) is 5.75 Å². The first-order valence-corrected chi connectivity index (χ1v) is 7.82. The third kappa shape index (κ3) is 3.78. The SMILES string of the molecule is O=C(Nc1cc([N+](=O)[O-])ccc1OC(F)F)N1CCOC2(CCC2)C1. The molecule has 1 saturated heterocycles. The third-order valence-corrected chi connectivity index (χ3v) is 4.43. The fourth-order valence-electron chi connectivity index (χ4n) is 3.01. The summed E-state index contributed by atoms with van der Waals surface area (Å²) < 4.78 is 35.1. The van der Waals surface area contributed by atoms with Crippen molar-refractivity contribution in [2.45, 2.75) is 31.5 Å². The molecule has 0 unspecified atom stereocenters. The first kappa shape index (κ1) is 17.3. The van der Waals surface area contributed by atoms with Gasteiger partial charge in [-0.05, 0) is 25.3 Å². The van der Waals surface area contributed by atoms with Gasteiger partial charge in [0, 0.05) is 18.7 Å². The van der Waals surface area contributed by atoms with Crippen LogP contribution in [0.1, 0.15) is 19.3 Å². The lowest BCUT2D eigenvalue weighted by molar-refractivity contribution is -0.384. The number of amides is 2. The van der Waals surface area contributed by atoms with Crippen molar-refractivity contribution in [1.82, 2.24) is 4.90 Å². The number of carbonyl (C=O) groups is 1. The number of nitrogens with zero attached hydrogens (tertiary/aromatic N) is 2. The molecular weight excluding hydrogens is 340 g/mol. The number of anilines is 1. The molecule has 8 nitrogen and oxygen atoms in total. The van der Waals surface area contributed by atoms with Crippen LogP contribution in [0.4, 0.5) is 25.0 Å². The molecule has 1 aliphatic carbocycles. The number of nitro groups is 1. The minimum Gasteiger partial charge on any atom is -0.433 e. The van der Waals surface area contributed by atoms with E-state index in [4.69, 9.17) is 4.74 Å². The molecule has 2 amide bonds. The highest BCUT2D eigenvalue weighted by atomic mass is 19.3. The van der Waals surface area contributed by atoms with Gasteiger partial charge in [-0.1, -0.05) is 0 Å². The predicted molar refractivity (Wildman–Crippen MR) is 82.9 cm³/mol. The zero-order valence-corrected chi connectivity index (χ0v) is 13.2. The number of urea groups is 1. The number of rotatable bonds is 4. The van der Waals surface area contributed by atoms with Crippen molar-refractivity contribution in [1.29, 1.82) is 0 Å². The number of nitro benzene ring substituents is 1. The van der Waals surface area contributed by atoms with Crippen molar-refractivity contribution in [3.8, 4) is 5.75 Å². The van der Waals surface area contributed by atoms with Crippen molar-refractivity contribution < 1.29 is 28.0 Å². The number of benzene rings is 1. The summed E-state index contributed by atoms with van der Waals surface area (Å²) in [4.78, 5) is 24.2. The quantitative estimate of drug-likeness (QED) is 0.660. The van der Waals surface area contributed by atoms with E-state index in [0.29, 0.717) is 19.7 Å². The third-order valence-electron chi connectivity index (χ3n) is 4.43. The van der Waals surface area contributed by atoms with Gasteiger partial charge in [-0.15, -0.1) is 0 Å². The normalized spacial score (nSPS) is 18.8. The number of halogens is 2. The van der Waals surface area contributed by atoms with E-state index in [1.54, 1.807) is 0 Å². The molecule has 2 aliphatic rings. The van der Waals surface area contributed by atoms with Crippen LogP contribution in [0.25, 0.3) is 0 Å². The van der Waals surface area contributed by atoms with Gasteiger partial charge in [0.25, 0.3) is 5.69 Å². The highest BCUT2D eigenvalue weighted by Gasteiger charge is 2.43. The second kappa shape index (κ2) is 6.79. The molecule has 0 atom stereocenters. The summed E-state index contributed by atoms with van der Waals surface area (Å²) in [6.07, 6.45) is 2.77. The summed E-state index contributed by atoms with van der Waals surface area (Å²) in [6, 6.07) is 2.53. The van der Waals surface area contributed by atoms with Gasteiger partial charge in [0.05, 0.1) is 29.4 Å². The maximum absolute atomic E-state index is 12.5. The molecule has 1 heterocycles. The molecule has 2 fully saturated rings. The van der Waals surface area contributed by atoms with Crippen molar-refractivity contribution in [3.05, 3.63) is 28.3 Å². The van der Waals surface area contributed by atoms with E-state index in [9.17, 15) is 23.7 Å². The number of nitrogens with one attached hydrogen (secondary N) is 1. The second-order valence-electron chi connectivity index (χ2n) is 6.05. The smallest absolute Gasteiger partial charge is 0.387 e. The highest BCUT2D eigenvalue weighted by molar-refractivity contribution is 5.91. The Balaban J connectivity index is 1.76. The summed E-state index contributed by atoms with van der Waals surface area (Å²) >= 11 is 0. The topological polar surface area (TPSA) is 93.9 Å². The van der Waals surface area contributed by atoms with E-state index in [0.717, 1.165) is 37.5 Å². The molecule has 1 saturated carbocycles. The van der Waals surface area contributed by atoms with Crippen LogP contribution in [0.2, 0.25) is 0 Å². The van der Waals surface area contributed by atoms with Crippen LogP contribution in [0.15, 0.2) is 18.2 Å². The van der Waals surface area contributed by atoms with Crippen LogP contribution >= 0.6 is 0 Å². The van der Waals surface area contributed by atoms with Crippen molar-refractivity contribution in [2.24, 2.45) is 0 Å². The Morgan fingerprint density at radius 3 is 2.80 bits per heavy atom. The summed E-state index contributed by atoms with van der Waals surface area (Å²) in [5.41, 5.74) is -0.830. The monoisotopic (exact) mass is 357 g/mol. The fourth-order valence-corrected chi connectivity index (χ4v) is 3.01. The maximum Gasteiger partial charge on any atom is 0.387 e. The molecule has 0 bridgehead atoms. The average Bonchev–Trinajstić information content (AvgIpc) is 2.54. The minimum absolute atomic E-state index is 0.173. The standard InChI is InChI=1S/C15H17F2N3O5/c16-13(17)25-12-3-2-10(20(22)23)8-11(12)18-14(21)19-6-7-24-15(9-19)4-1-5-15/h2-3,8,13H,1,4-7,9H2,(H,18,21). The Hall–Kier alpha value is -2.49. The Kier molecular flexibility index (Phi) is 4.71. The minimum atomic E-state index is -3.11. The van der Waals surface area contributed by atoms with E-state index in [2.05, 4.69) is 10.1 Å². The summed E-state index contributed by atoms with van der Waals surface area (Å²) in [7, 11) is 0. The highest BCUT2D eigenvalue weighted by Crippen LogP contribution is 2.38. The number of non-ortho nitro benzene ring substituents is 1. The van der Waals surface area contributed by atoms with E-state index in [1.165, 1.54) is 4.90 Å². The van der Waals surface area contributed by atoms with Crippen LogP contribution in [0, 0.1) is 10.1 Å². The van der Waals surface area contributed by atoms with Crippen LogP contribution in [-0.2, 0) is 4.74 Å². The number of ether oxygens (including phenoxy) is 2. The summed E-state index contributed by atoms with van der Waals surface area (Å²) in [6.45, 7) is -1.96. The number of carbonyl (C=O) groups excluding carboxylic acids is 1. The molecule has 1 aromatic rings. The molecule has 10 heteroatoms. The largest absolute Gasteiger partial charge is 0.433 e. The molecule has 3 rings (SSSR count). The summed E-state index contributed by atoms with van der Waals surface area (Å²) in [5, 5.41) is 13.3. The van der Waals surface area contributed by atoms with Crippen LogP contribution in [0.3, 0.4) is 0 Å². The number of hydrogen-bond donors (Lipinski definition) is 1. The van der Waals surface area contributed by atoms with Crippen LogP contribution in [-0.4, -0.2) is 47.8 Å². The van der Waals surface area contributed by atoms with Crippen LogP contribution in [0.5, 0.6) is 5.75 Å². The van der Waals surface area contributed by atoms with Crippen molar-refractivity contribution in [2.75, 3.05) is 25.0 Å². The van der Waals surface area contributed by atoms with Gasteiger partial charge in [-0.3, -0.25) is 10.1 Å². The van der Waals surface area contributed by atoms with Crippen molar-refractivity contribution >= 4 is 17.4 Å². The Morgan fingerprint density at radius 2 is 2.20 bits per heavy atom. The molecule has 1 aliphatic heterocycles. The molecule has 0 radical (unpaired) electrons. The Morgan fingerprint density at radius 1 is 1.44 bits per heavy atom. The van der Waals surface area contributed by atoms with Crippen molar-refractivity contribution in [3.63, 3.8) is 0 Å². The predicted octanol–water partition coefficient (Wildman–Crippen LogP) is 2.98. The van der Waals surface area contributed by atoms with E-state index in [-0.39, 0.29) is 22.7 Å². The lowest BCUT2D eigenvalue weighted by Gasteiger charge is -2.48. The van der Waals surface area contributed by atoms with Gasteiger partial charge >= 0.3 is 12.6 Å². The molecule has 25 heavy (non-hydrogen) atoms. The van der Waals surface area contributed by atoms with Gasteiger partial charge in [-0.25, -0.2) is 4.79 Å². The lowest BCUT2D eigenvalue weighted by Crippen LogP contribution is -2.57. The number of morpholine rings is 1. The van der Waals surface area contributed by atoms with E-state index >= 15 is 0 Å². The zero-order chi connectivity index (χ0) is 18.0. The molecule has 1 aromatic carbocycles. The first-order valence-electron chi connectivity index (χ1n) is 7.82. The molecule has 0 aromatic heterocycles. The number of hydrogen-bond acceptors (Lipinski definition) is 5. The average molecular weight is 357 g/mol. The van der Waals surface area contributed by atoms with Gasteiger partial charge in [-0.2, -0.15) is 8.78 Å². The molecule has 1 spiro atoms.